The van der Waals surface area contributed by atoms with Gasteiger partial charge in [-0.25, -0.2) is 4.39 Å². The minimum Gasteiger partial charge on any atom is -0.484 e. The highest BCUT2D eigenvalue weighted by Gasteiger charge is 2.54. The summed E-state index contributed by atoms with van der Waals surface area (Å²) in [6, 6.07) is 6.04. The number of fused-ring (bicyclic) bond motifs is 3. The summed E-state index contributed by atoms with van der Waals surface area (Å²) in [4.78, 5) is 12.5. The maximum atomic E-state index is 13.5. The second kappa shape index (κ2) is 8.76. The van der Waals surface area contributed by atoms with Gasteiger partial charge >= 0.3 is 0 Å². The lowest BCUT2D eigenvalue weighted by Gasteiger charge is -2.56. The molecule has 1 aromatic heterocycles. The van der Waals surface area contributed by atoms with Crippen LogP contribution in [0.1, 0.15) is 37.8 Å². The first kappa shape index (κ1) is 22.0. The number of rotatable bonds is 8. The molecule has 3 fully saturated rings. The molecule has 0 unspecified atom stereocenters. The maximum absolute atomic E-state index is 13.5. The molecule has 2 aromatic rings. The van der Waals surface area contributed by atoms with Crippen molar-refractivity contribution >= 4 is 17.5 Å². The van der Waals surface area contributed by atoms with E-state index in [2.05, 4.69) is 15.7 Å². The van der Waals surface area contributed by atoms with E-state index in [1.807, 2.05) is 23.9 Å². The molecule has 1 amide bonds. The second-order valence-electron chi connectivity index (χ2n) is 8.72. The van der Waals surface area contributed by atoms with Gasteiger partial charge in [0.1, 0.15) is 11.6 Å². The van der Waals surface area contributed by atoms with E-state index in [-0.39, 0.29) is 28.8 Å². The molecule has 0 spiro atoms. The van der Waals surface area contributed by atoms with Crippen molar-refractivity contribution < 1.29 is 19.0 Å². The molecule has 1 atom stereocenters. The molecule has 168 valence electrons. The Labute approximate surface area is 185 Å². The number of ether oxygens (including phenoxy) is 1. The van der Waals surface area contributed by atoms with Gasteiger partial charge in [-0.3, -0.25) is 9.48 Å². The van der Waals surface area contributed by atoms with Gasteiger partial charge in [-0.15, -0.1) is 0 Å². The van der Waals surface area contributed by atoms with Crippen LogP contribution < -0.4 is 15.4 Å². The number of carbonyl (C=O) groups is 1. The normalized spacial score (nSPS) is 27.3. The number of aliphatic hydroxyl groups excluding tert-OH is 1. The Bertz CT molecular complexity index is 943. The number of hydrogen-bond acceptors (Lipinski definition) is 5. The summed E-state index contributed by atoms with van der Waals surface area (Å²) in [7, 11) is 0. The van der Waals surface area contributed by atoms with Crippen molar-refractivity contribution in [3.05, 3.63) is 47.0 Å². The smallest absolute Gasteiger partial charge is 0.258 e. The predicted octanol–water partition coefficient (Wildman–Crippen LogP) is 2.59. The highest BCUT2D eigenvalue weighted by atomic mass is 35.5. The first-order valence-corrected chi connectivity index (χ1v) is 11.0. The number of nitrogens with one attached hydrogen (secondary N) is 2. The molecule has 3 aliphatic rings. The van der Waals surface area contributed by atoms with E-state index in [0.29, 0.717) is 6.42 Å². The van der Waals surface area contributed by atoms with Crippen LogP contribution in [0, 0.1) is 12.7 Å². The van der Waals surface area contributed by atoms with Crippen molar-refractivity contribution in [3.63, 3.8) is 0 Å². The fourth-order valence-corrected chi connectivity index (χ4v) is 4.92. The van der Waals surface area contributed by atoms with Gasteiger partial charge < -0.3 is 20.5 Å². The minimum atomic E-state index is -0.590. The number of amides is 1. The second-order valence-corrected chi connectivity index (χ2v) is 9.12. The van der Waals surface area contributed by atoms with E-state index in [9.17, 15) is 14.3 Å². The van der Waals surface area contributed by atoms with Crippen LogP contribution in [0.5, 0.6) is 5.75 Å². The standard InChI is InChI=1S/C22H28ClFN4O3/c1-15-4-10-28(27-15)11-9-25-22-7-5-21(6-8-22,13-19(22)29)26-20(30)14-31-16-2-3-17(23)18(24)12-16/h2-4,10,12,19,25,29H,5-9,11,13-14H2,1H3,(H,26,30)/t19-,21?,22?/m0/s1. The number of aryl methyl sites for hydroxylation is 1. The Morgan fingerprint density at radius 2 is 2.13 bits per heavy atom. The van der Waals surface area contributed by atoms with Crippen molar-refractivity contribution in [1.29, 1.82) is 0 Å². The monoisotopic (exact) mass is 450 g/mol. The van der Waals surface area contributed by atoms with Crippen molar-refractivity contribution in [1.82, 2.24) is 20.4 Å². The highest BCUT2D eigenvalue weighted by Crippen LogP contribution is 2.47. The van der Waals surface area contributed by atoms with Crippen molar-refractivity contribution in [2.75, 3.05) is 13.2 Å². The molecule has 1 aromatic carbocycles. The van der Waals surface area contributed by atoms with Crippen LogP contribution in [0.2, 0.25) is 5.02 Å². The summed E-state index contributed by atoms with van der Waals surface area (Å²) in [6.07, 6.45) is 5.07. The number of aliphatic hydroxyl groups is 1. The van der Waals surface area contributed by atoms with Gasteiger partial charge in [0, 0.05) is 29.9 Å². The molecule has 0 radical (unpaired) electrons. The summed E-state index contributed by atoms with van der Waals surface area (Å²) in [5, 5.41) is 21.9. The first-order chi connectivity index (χ1) is 14.8. The van der Waals surface area contributed by atoms with Gasteiger partial charge in [0.25, 0.3) is 5.91 Å². The molecular weight excluding hydrogens is 423 g/mol. The Hall–Kier alpha value is -2.16. The molecular formula is C22H28ClFN4O3. The lowest BCUT2D eigenvalue weighted by Crippen LogP contribution is -2.69. The van der Waals surface area contributed by atoms with Crippen LogP contribution in [-0.2, 0) is 11.3 Å². The number of benzene rings is 1. The molecule has 31 heavy (non-hydrogen) atoms. The van der Waals surface area contributed by atoms with Crippen LogP contribution in [0.3, 0.4) is 0 Å². The molecule has 3 saturated carbocycles. The van der Waals surface area contributed by atoms with E-state index in [1.165, 1.54) is 12.1 Å². The molecule has 3 aliphatic carbocycles. The summed E-state index contributed by atoms with van der Waals surface area (Å²) in [5.41, 5.74) is 0.249. The van der Waals surface area contributed by atoms with E-state index in [0.717, 1.165) is 50.5 Å². The van der Waals surface area contributed by atoms with Crippen LogP contribution >= 0.6 is 11.6 Å². The third-order valence-electron chi connectivity index (χ3n) is 6.58. The molecule has 7 nitrogen and oxygen atoms in total. The van der Waals surface area contributed by atoms with Crippen LogP contribution in [0.4, 0.5) is 4.39 Å². The van der Waals surface area contributed by atoms with Gasteiger partial charge in [-0.1, -0.05) is 11.6 Å². The summed E-state index contributed by atoms with van der Waals surface area (Å²) >= 11 is 5.66. The predicted molar refractivity (Wildman–Crippen MR) is 115 cm³/mol. The zero-order chi connectivity index (χ0) is 22.1. The van der Waals surface area contributed by atoms with Gasteiger partial charge in [0.15, 0.2) is 6.61 Å². The number of nitrogens with zero attached hydrogens (tertiary/aromatic N) is 2. The van der Waals surface area contributed by atoms with E-state index in [4.69, 9.17) is 16.3 Å². The van der Waals surface area contributed by atoms with E-state index in [1.54, 1.807) is 0 Å². The van der Waals surface area contributed by atoms with Gasteiger partial charge in [-0.05, 0) is 57.2 Å². The van der Waals surface area contributed by atoms with Gasteiger partial charge in [0.2, 0.25) is 0 Å². The highest BCUT2D eigenvalue weighted by molar-refractivity contribution is 6.30. The summed E-state index contributed by atoms with van der Waals surface area (Å²) < 4.78 is 20.8. The molecule has 0 saturated heterocycles. The van der Waals surface area contributed by atoms with E-state index < -0.39 is 17.5 Å². The minimum absolute atomic E-state index is 0.00548. The molecule has 1 heterocycles. The fraction of sp³-hybridized carbons (Fsp3) is 0.545. The quantitative estimate of drug-likeness (QED) is 0.575. The lowest BCUT2D eigenvalue weighted by atomic mass is 9.60. The van der Waals surface area contributed by atoms with Crippen LogP contribution in [-0.4, -0.2) is 51.1 Å². The van der Waals surface area contributed by atoms with Crippen molar-refractivity contribution in [2.45, 2.75) is 62.8 Å². The largest absolute Gasteiger partial charge is 0.484 e. The summed E-state index contributed by atoms with van der Waals surface area (Å²) in [5.74, 6) is -0.621. The Morgan fingerprint density at radius 3 is 2.77 bits per heavy atom. The number of aromatic nitrogens is 2. The van der Waals surface area contributed by atoms with Crippen molar-refractivity contribution in [2.24, 2.45) is 0 Å². The maximum Gasteiger partial charge on any atom is 0.258 e. The Kier molecular flexibility index (Phi) is 6.23. The van der Waals surface area contributed by atoms with Gasteiger partial charge in [0.05, 0.1) is 23.4 Å². The van der Waals surface area contributed by atoms with Gasteiger partial charge in [-0.2, -0.15) is 5.10 Å². The zero-order valence-corrected chi connectivity index (χ0v) is 18.3. The number of halogens is 2. The molecule has 9 heteroatoms. The average molecular weight is 451 g/mol. The first-order valence-electron chi connectivity index (χ1n) is 10.6. The lowest BCUT2D eigenvalue weighted by molar-refractivity contribution is -0.129. The molecule has 2 bridgehead atoms. The Balaban J connectivity index is 1.27. The summed E-state index contributed by atoms with van der Waals surface area (Å²) in [6.45, 7) is 3.21. The van der Waals surface area contributed by atoms with E-state index >= 15 is 0 Å². The SMILES string of the molecule is Cc1ccn(CCNC23CCC(NC(=O)COc4ccc(Cl)c(F)c4)(CC2)C[C@@H]3O)n1. The third-order valence-corrected chi connectivity index (χ3v) is 6.89. The number of hydrogen-bond donors (Lipinski definition) is 3. The molecule has 5 rings (SSSR count). The van der Waals surface area contributed by atoms with Crippen LogP contribution in [0.15, 0.2) is 30.5 Å². The molecule has 3 N–H and O–H groups in total. The fourth-order valence-electron chi connectivity index (χ4n) is 4.80. The average Bonchev–Trinajstić information content (AvgIpc) is 3.15. The Morgan fingerprint density at radius 1 is 1.35 bits per heavy atom. The topological polar surface area (TPSA) is 88.4 Å². The zero-order valence-electron chi connectivity index (χ0n) is 17.5. The third kappa shape index (κ3) is 4.86. The van der Waals surface area contributed by atoms with Crippen molar-refractivity contribution in [3.8, 4) is 5.75 Å². The number of carbonyl (C=O) groups excluding carboxylic acids is 1. The van der Waals surface area contributed by atoms with Crippen LogP contribution in [0.25, 0.3) is 0 Å². The molecule has 0 aliphatic heterocycles.